The number of rotatable bonds is 7. The molecule has 0 saturated heterocycles. The van der Waals surface area contributed by atoms with E-state index >= 15 is 0 Å². The second kappa shape index (κ2) is 8.84. The van der Waals surface area contributed by atoms with Crippen molar-refractivity contribution < 1.29 is 9.59 Å². The van der Waals surface area contributed by atoms with E-state index < -0.39 is 0 Å². The highest BCUT2D eigenvalue weighted by atomic mass is 16.2. The van der Waals surface area contributed by atoms with Crippen molar-refractivity contribution in [2.24, 2.45) is 0 Å². The summed E-state index contributed by atoms with van der Waals surface area (Å²) in [6.45, 7) is 2.16. The smallest absolute Gasteiger partial charge is 0.239 e. The van der Waals surface area contributed by atoms with Crippen LogP contribution in [0.15, 0.2) is 54.6 Å². The lowest BCUT2D eigenvalue weighted by molar-refractivity contribution is -0.125. The van der Waals surface area contributed by atoms with E-state index in [1.54, 1.807) is 0 Å². The Balaban J connectivity index is 2.05. The minimum atomic E-state index is -0.221. The van der Waals surface area contributed by atoms with Gasteiger partial charge >= 0.3 is 0 Å². The summed E-state index contributed by atoms with van der Waals surface area (Å²) in [7, 11) is 1.54. The zero-order chi connectivity index (χ0) is 17.4. The van der Waals surface area contributed by atoms with Crippen molar-refractivity contribution >= 4 is 11.8 Å². The third-order valence-corrected chi connectivity index (χ3v) is 3.74. The van der Waals surface area contributed by atoms with Gasteiger partial charge in [0.05, 0.1) is 19.1 Å². The maximum Gasteiger partial charge on any atom is 0.239 e. The number of amides is 2. The first kappa shape index (κ1) is 17.7. The third-order valence-electron chi connectivity index (χ3n) is 3.74. The zero-order valence-corrected chi connectivity index (χ0v) is 14.0. The monoisotopic (exact) mass is 325 g/mol. The molecule has 5 nitrogen and oxygen atoms in total. The van der Waals surface area contributed by atoms with Crippen LogP contribution in [0.2, 0.25) is 0 Å². The van der Waals surface area contributed by atoms with Crippen molar-refractivity contribution in [3.05, 3.63) is 71.3 Å². The topological polar surface area (TPSA) is 70.2 Å². The number of likely N-dealkylation sites (N-methyl/N-ethyl adjacent to an activating group) is 1. The van der Waals surface area contributed by atoms with Crippen LogP contribution in [0.25, 0.3) is 0 Å². The lowest BCUT2D eigenvalue weighted by Gasteiger charge is -2.20. The molecule has 0 bridgehead atoms. The minimum absolute atomic E-state index is 0.0163. The van der Waals surface area contributed by atoms with Crippen LogP contribution in [0.5, 0.6) is 0 Å². The molecule has 0 saturated carbocycles. The predicted molar refractivity (Wildman–Crippen MR) is 94.5 cm³/mol. The lowest BCUT2D eigenvalue weighted by atomic mass is 9.98. The average Bonchev–Trinajstić information content (AvgIpc) is 2.62. The van der Waals surface area contributed by atoms with E-state index in [9.17, 15) is 9.59 Å². The van der Waals surface area contributed by atoms with Gasteiger partial charge in [-0.25, -0.2) is 0 Å². The number of hydrogen-bond donors (Lipinski definition) is 3. The molecule has 2 aromatic rings. The molecule has 2 rings (SSSR count). The van der Waals surface area contributed by atoms with Crippen LogP contribution >= 0.6 is 0 Å². The van der Waals surface area contributed by atoms with Gasteiger partial charge in [-0.05, 0) is 18.1 Å². The Bertz CT molecular complexity index is 669. The van der Waals surface area contributed by atoms with Gasteiger partial charge < -0.3 is 10.6 Å². The van der Waals surface area contributed by atoms with E-state index in [1.165, 1.54) is 12.6 Å². The molecule has 24 heavy (non-hydrogen) atoms. The summed E-state index contributed by atoms with van der Waals surface area (Å²) in [6.07, 6.45) is 0. The Morgan fingerprint density at radius 1 is 0.875 bits per heavy atom. The molecule has 0 aliphatic carbocycles. The molecule has 0 radical (unpaired) electrons. The molecular formula is C19H23N3O2. The summed E-state index contributed by atoms with van der Waals surface area (Å²) in [5.74, 6) is -0.437. The van der Waals surface area contributed by atoms with Crippen LogP contribution in [-0.2, 0) is 9.59 Å². The summed E-state index contributed by atoms with van der Waals surface area (Å²) >= 11 is 0. The fourth-order valence-electron chi connectivity index (χ4n) is 2.36. The average molecular weight is 325 g/mol. The van der Waals surface area contributed by atoms with Gasteiger partial charge in [0.15, 0.2) is 0 Å². The van der Waals surface area contributed by atoms with Crippen molar-refractivity contribution in [1.29, 1.82) is 0 Å². The summed E-state index contributed by atoms with van der Waals surface area (Å²) in [5.41, 5.74) is 3.36. The van der Waals surface area contributed by atoms with Crippen molar-refractivity contribution in [1.82, 2.24) is 16.0 Å². The molecule has 126 valence electrons. The molecule has 0 aliphatic heterocycles. The Morgan fingerprint density at radius 3 is 2.12 bits per heavy atom. The maximum absolute atomic E-state index is 11.9. The summed E-state index contributed by atoms with van der Waals surface area (Å²) in [5, 5.41) is 8.32. The minimum Gasteiger partial charge on any atom is -0.358 e. The van der Waals surface area contributed by atoms with Gasteiger partial charge in [-0.3, -0.25) is 14.9 Å². The van der Waals surface area contributed by atoms with Crippen LogP contribution < -0.4 is 16.0 Å². The highest BCUT2D eigenvalue weighted by molar-refractivity contribution is 5.85. The predicted octanol–water partition coefficient (Wildman–Crippen LogP) is 1.54. The van der Waals surface area contributed by atoms with Crippen molar-refractivity contribution in [3.8, 4) is 0 Å². The number of nitrogens with one attached hydrogen (secondary N) is 3. The van der Waals surface area contributed by atoms with Crippen LogP contribution in [0.1, 0.15) is 22.7 Å². The normalized spacial score (nSPS) is 11.6. The summed E-state index contributed by atoms with van der Waals surface area (Å²) < 4.78 is 0. The molecule has 0 fully saturated rings. The molecule has 5 heteroatoms. The lowest BCUT2D eigenvalue weighted by Crippen LogP contribution is -2.40. The second-order valence-electron chi connectivity index (χ2n) is 5.59. The first-order valence-corrected chi connectivity index (χ1v) is 7.92. The van der Waals surface area contributed by atoms with Gasteiger partial charge in [-0.2, -0.15) is 0 Å². The highest BCUT2D eigenvalue weighted by Crippen LogP contribution is 2.22. The Labute approximate surface area is 142 Å². The Morgan fingerprint density at radius 2 is 1.50 bits per heavy atom. The van der Waals surface area contributed by atoms with Crippen LogP contribution in [-0.4, -0.2) is 32.0 Å². The van der Waals surface area contributed by atoms with Crippen LogP contribution in [0.3, 0.4) is 0 Å². The maximum atomic E-state index is 11.9. The molecule has 1 atom stereocenters. The van der Waals surface area contributed by atoms with E-state index in [-0.39, 0.29) is 30.9 Å². The van der Waals surface area contributed by atoms with E-state index in [4.69, 9.17) is 0 Å². The van der Waals surface area contributed by atoms with E-state index in [2.05, 4.69) is 40.2 Å². The molecule has 0 aliphatic rings. The number of aryl methyl sites for hydroxylation is 1. The number of carbonyl (C=O) groups is 2. The zero-order valence-electron chi connectivity index (χ0n) is 14.0. The van der Waals surface area contributed by atoms with Crippen LogP contribution in [0.4, 0.5) is 0 Å². The number of benzene rings is 2. The fourth-order valence-corrected chi connectivity index (χ4v) is 2.36. The van der Waals surface area contributed by atoms with E-state index in [1.807, 2.05) is 37.3 Å². The molecule has 0 heterocycles. The first-order valence-electron chi connectivity index (χ1n) is 7.92. The third kappa shape index (κ3) is 5.21. The first-order chi connectivity index (χ1) is 11.6. The largest absolute Gasteiger partial charge is 0.358 e. The Hall–Kier alpha value is -2.66. The SMILES string of the molecule is CNC(=O)CNC(=O)CN[C@@H](c1ccccc1)c1ccc(C)cc1. The van der Waals surface area contributed by atoms with Crippen LogP contribution in [0, 0.1) is 6.92 Å². The fraction of sp³-hybridized carbons (Fsp3) is 0.263. The van der Waals surface area contributed by atoms with Gasteiger partial charge in [-0.15, -0.1) is 0 Å². The summed E-state index contributed by atoms with van der Waals surface area (Å²) in [6, 6.07) is 18.1. The molecular weight excluding hydrogens is 302 g/mol. The van der Waals surface area contributed by atoms with Gasteiger partial charge in [0.25, 0.3) is 0 Å². The standard InChI is InChI=1S/C19H23N3O2/c1-14-8-10-16(11-9-14)19(15-6-4-3-5-7-15)22-13-18(24)21-12-17(23)20-2/h3-11,19,22H,12-13H2,1-2H3,(H,20,23)(H,21,24)/t19-/m0/s1. The molecule has 3 N–H and O–H groups in total. The van der Waals surface area contributed by atoms with Gasteiger partial charge in [0, 0.05) is 7.05 Å². The molecule has 0 unspecified atom stereocenters. The number of carbonyl (C=O) groups excluding carboxylic acids is 2. The Kier molecular flexibility index (Phi) is 6.51. The van der Waals surface area contributed by atoms with Crippen molar-refractivity contribution in [3.63, 3.8) is 0 Å². The molecule has 2 amide bonds. The van der Waals surface area contributed by atoms with E-state index in [0.717, 1.165) is 11.1 Å². The van der Waals surface area contributed by atoms with Gasteiger partial charge in [0.1, 0.15) is 0 Å². The van der Waals surface area contributed by atoms with E-state index in [0.29, 0.717) is 0 Å². The number of hydrogen-bond acceptors (Lipinski definition) is 3. The summed E-state index contributed by atoms with van der Waals surface area (Å²) in [4.78, 5) is 23.1. The van der Waals surface area contributed by atoms with Crippen molar-refractivity contribution in [2.45, 2.75) is 13.0 Å². The van der Waals surface area contributed by atoms with Gasteiger partial charge in [0.2, 0.25) is 11.8 Å². The van der Waals surface area contributed by atoms with Crippen molar-refractivity contribution in [2.75, 3.05) is 20.1 Å². The molecule has 0 spiro atoms. The van der Waals surface area contributed by atoms with Gasteiger partial charge in [-0.1, -0.05) is 60.2 Å². The molecule has 0 aromatic heterocycles. The molecule has 2 aromatic carbocycles. The second-order valence-corrected chi connectivity index (χ2v) is 5.59. The quantitative estimate of drug-likeness (QED) is 0.723. The highest BCUT2D eigenvalue weighted by Gasteiger charge is 2.15.